The monoisotopic (exact) mass is 489 g/mol. The molecule has 3 heterocycles. The first kappa shape index (κ1) is 23.4. The Morgan fingerprint density at radius 3 is 3.03 bits per heavy atom. The Morgan fingerprint density at radius 1 is 1.61 bits per heavy atom. The van der Waals surface area contributed by atoms with Gasteiger partial charge in [-0.2, -0.15) is 4.98 Å². The molecule has 8 atom stereocenters. The maximum Gasteiger partial charge on any atom is 0.351 e. The molecule has 0 aromatic carbocycles. The van der Waals surface area contributed by atoms with Gasteiger partial charge in [0.1, 0.15) is 5.82 Å². The van der Waals surface area contributed by atoms with E-state index in [-0.39, 0.29) is 23.3 Å². The molecule has 31 heavy (non-hydrogen) atoms. The van der Waals surface area contributed by atoms with Crippen LogP contribution in [-0.4, -0.2) is 39.3 Å². The number of nitrogens with zero attached hydrogens (tertiary/aromatic N) is 2. The number of fused-ring (bicyclic) bond motifs is 1. The second-order valence-corrected chi connectivity index (χ2v) is 15.6. The van der Waals surface area contributed by atoms with Crippen molar-refractivity contribution in [1.82, 2.24) is 9.55 Å². The number of hydrogen-bond donors (Lipinski definition) is 1. The average Bonchev–Trinajstić information content (AvgIpc) is 3.12. The molecule has 2 aliphatic heterocycles. The highest BCUT2D eigenvalue weighted by atomic mass is 32.9. The lowest BCUT2D eigenvalue weighted by atomic mass is 9.77. The Morgan fingerprint density at radius 2 is 2.35 bits per heavy atom. The zero-order valence-electron chi connectivity index (χ0n) is 17.9. The lowest BCUT2D eigenvalue weighted by Gasteiger charge is -2.37. The highest BCUT2D eigenvalue weighted by Crippen LogP contribution is 2.75. The Bertz CT molecular complexity index is 978. The molecule has 1 aliphatic carbocycles. The number of halogens is 1. The summed E-state index contributed by atoms with van der Waals surface area (Å²) in [5, 5.41) is 0. The summed E-state index contributed by atoms with van der Waals surface area (Å²) in [5.41, 5.74) is 3.47. The zero-order valence-corrected chi connectivity index (χ0v) is 20.4. The summed E-state index contributed by atoms with van der Waals surface area (Å²) < 4.78 is 34.3. The Balaban J connectivity index is 1.42. The molecule has 2 saturated heterocycles. The van der Waals surface area contributed by atoms with Crippen molar-refractivity contribution in [1.29, 1.82) is 0 Å². The van der Waals surface area contributed by atoms with Crippen LogP contribution in [0.2, 0.25) is 0 Å². The Hall–Kier alpha value is -0.770. The van der Waals surface area contributed by atoms with E-state index in [9.17, 15) is 9.18 Å². The van der Waals surface area contributed by atoms with Gasteiger partial charge < -0.3 is 19.5 Å². The maximum atomic E-state index is 15.0. The van der Waals surface area contributed by atoms with Gasteiger partial charge in [0.15, 0.2) is 12.4 Å². The van der Waals surface area contributed by atoms with E-state index in [1.165, 1.54) is 17.8 Å². The molecule has 4 rings (SSSR count). The maximum absolute atomic E-state index is 15.0. The first-order valence-corrected chi connectivity index (χ1v) is 14.5. The number of nitrogens with two attached hydrogens (primary N) is 1. The number of hydrogen-bond acceptors (Lipinski definition) is 8. The number of aromatic nitrogens is 2. The van der Waals surface area contributed by atoms with Gasteiger partial charge in [0.2, 0.25) is 5.69 Å². The number of ether oxygens (including phenoxy) is 1. The third kappa shape index (κ3) is 4.52. The van der Waals surface area contributed by atoms with E-state index < -0.39 is 35.8 Å². The van der Waals surface area contributed by atoms with E-state index in [4.69, 9.17) is 31.3 Å². The summed E-state index contributed by atoms with van der Waals surface area (Å²) in [6, 6.07) is 1.44. The van der Waals surface area contributed by atoms with Crippen molar-refractivity contribution in [2.45, 2.75) is 69.4 Å². The minimum Gasteiger partial charge on any atom is -0.383 e. The number of nitrogen functional groups attached to an aromatic ring is 1. The molecular formula is C20H29FN3O4PS2. The van der Waals surface area contributed by atoms with Gasteiger partial charge in [-0.05, 0) is 56.9 Å². The van der Waals surface area contributed by atoms with E-state index in [2.05, 4.69) is 25.4 Å². The van der Waals surface area contributed by atoms with Crippen LogP contribution >= 0.6 is 17.1 Å². The van der Waals surface area contributed by atoms with Crippen LogP contribution in [0.4, 0.5) is 10.2 Å². The lowest BCUT2D eigenvalue weighted by Crippen LogP contribution is -2.39. The topological polar surface area (TPSA) is 88.6 Å². The van der Waals surface area contributed by atoms with Crippen LogP contribution in [0.15, 0.2) is 29.2 Å². The average molecular weight is 490 g/mol. The Kier molecular flexibility index (Phi) is 6.44. The van der Waals surface area contributed by atoms with E-state index in [1.807, 2.05) is 0 Å². The van der Waals surface area contributed by atoms with Crippen molar-refractivity contribution in [3.05, 3.63) is 34.9 Å². The second-order valence-electron chi connectivity index (χ2n) is 8.97. The van der Waals surface area contributed by atoms with Gasteiger partial charge in [0, 0.05) is 16.9 Å². The zero-order chi connectivity index (χ0) is 22.6. The van der Waals surface area contributed by atoms with Crippen molar-refractivity contribution in [2.75, 3.05) is 12.3 Å². The summed E-state index contributed by atoms with van der Waals surface area (Å²) in [4.78, 5) is 15.8. The molecule has 0 bridgehead atoms. The number of allylic oxidation sites excluding steroid dienone is 1. The molecule has 0 unspecified atom stereocenters. The molecule has 1 aromatic heterocycles. The highest BCUT2D eigenvalue weighted by molar-refractivity contribution is 8.68. The van der Waals surface area contributed by atoms with Gasteiger partial charge in [0.25, 0.3) is 0 Å². The fourth-order valence-electron chi connectivity index (χ4n) is 4.48. The van der Waals surface area contributed by atoms with Gasteiger partial charge >= 0.3 is 5.69 Å². The lowest BCUT2D eigenvalue weighted by molar-refractivity contribution is -0.0384. The summed E-state index contributed by atoms with van der Waals surface area (Å²) >= 11 is 7.42. The number of anilines is 1. The summed E-state index contributed by atoms with van der Waals surface area (Å²) in [6.45, 7) is 10.2. The van der Waals surface area contributed by atoms with Crippen LogP contribution in [0.25, 0.3) is 0 Å². The second kappa shape index (κ2) is 8.54. The molecule has 0 radical (unpaired) electrons. The van der Waals surface area contributed by atoms with Crippen molar-refractivity contribution < 1.29 is 18.2 Å². The molecule has 172 valence electrons. The molecular weight excluding hydrogens is 460 g/mol. The number of rotatable bonds is 5. The minimum atomic E-state index is -2.58. The molecule has 7 nitrogen and oxygen atoms in total. The Labute approximate surface area is 190 Å². The van der Waals surface area contributed by atoms with Crippen LogP contribution in [0.5, 0.6) is 0 Å². The predicted molar refractivity (Wildman–Crippen MR) is 124 cm³/mol. The molecule has 3 aliphatic rings. The van der Waals surface area contributed by atoms with Crippen LogP contribution < -0.4 is 11.4 Å². The molecule has 2 N–H and O–H groups in total. The first-order chi connectivity index (χ1) is 14.5. The summed E-state index contributed by atoms with van der Waals surface area (Å²) in [5.74, 6) is 0.0484. The molecule has 1 saturated carbocycles. The largest absolute Gasteiger partial charge is 0.383 e. The fourth-order valence-corrected chi connectivity index (χ4v) is 11.6. The first-order valence-electron chi connectivity index (χ1n) is 10.4. The van der Waals surface area contributed by atoms with Gasteiger partial charge in [0.05, 0.1) is 18.8 Å². The van der Waals surface area contributed by atoms with E-state index in [0.717, 1.165) is 23.8 Å². The van der Waals surface area contributed by atoms with Crippen LogP contribution in [0.1, 0.15) is 46.3 Å². The van der Waals surface area contributed by atoms with E-state index in [0.29, 0.717) is 5.92 Å². The predicted octanol–water partition coefficient (Wildman–Crippen LogP) is 4.21. The van der Waals surface area contributed by atoms with E-state index >= 15 is 0 Å². The summed E-state index contributed by atoms with van der Waals surface area (Å²) in [6.07, 6.45) is 1.40. The SMILES string of the molecule is C=C(C)[C@H]1CC[C@@]2(C)S[P@](=S)(OC[C@H]3O[C@@H](n4ccc(N)nc4=O)[C@H](F)[C@@H]3C)O[C@@H]2C1. The normalized spacial score (nSPS) is 42.5. The van der Waals surface area contributed by atoms with Crippen molar-refractivity contribution in [3.8, 4) is 0 Å². The smallest absolute Gasteiger partial charge is 0.351 e. The molecule has 0 amide bonds. The molecule has 1 aromatic rings. The van der Waals surface area contributed by atoms with Crippen LogP contribution in [0, 0.1) is 11.8 Å². The number of alkyl halides is 1. The molecule has 3 fully saturated rings. The van der Waals surface area contributed by atoms with Crippen molar-refractivity contribution >= 4 is 34.7 Å². The highest BCUT2D eigenvalue weighted by Gasteiger charge is 2.54. The fraction of sp³-hybridized carbons (Fsp3) is 0.700. The van der Waals surface area contributed by atoms with Gasteiger partial charge in [-0.15, -0.1) is 0 Å². The minimum absolute atomic E-state index is 0.0294. The van der Waals surface area contributed by atoms with E-state index in [1.54, 1.807) is 18.3 Å². The summed E-state index contributed by atoms with van der Waals surface area (Å²) in [7, 11) is 0. The van der Waals surface area contributed by atoms with Gasteiger partial charge in [-0.3, -0.25) is 4.57 Å². The molecule has 0 spiro atoms. The standard InChI is InChI=1S/C20H29FN3O4PS2/c1-11(2)13-5-7-20(4)15(9-13)28-29(30,31-20)26-10-14-12(3)17(21)18(27-14)24-8-6-16(22)23-19(24)25/h6,8,12-15,17-18H,1,5,7,9-10H2,2-4H3,(H2,22,23,25)/t12-,13+,14-,15-,17-,18-,20-,29-/m1/s1. The van der Waals surface area contributed by atoms with Crippen LogP contribution in [0.3, 0.4) is 0 Å². The van der Waals surface area contributed by atoms with Crippen LogP contribution in [-0.2, 0) is 25.6 Å². The quantitative estimate of drug-likeness (QED) is 0.486. The van der Waals surface area contributed by atoms with Crippen molar-refractivity contribution in [2.24, 2.45) is 11.8 Å². The van der Waals surface area contributed by atoms with Gasteiger partial charge in [-0.1, -0.05) is 30.5 Å². The molecule has 11 heteroatoms. The third-order valence-corrected chi connectivity index (χ3v) is 12.5. The third-order valence-electron chi connectivity index (χ3n) is 6.64. The van der Waals surface area contributed by atoms with Gasteiger partial charge in [-0.25, -0.2) is 9.18 Å². The van der Waals surface area contributed by atoms with Crippen molar-refractivity contribution in [3.63, 3.8) is 0 Å².